The smallest absolute Gasteiger partial charge is 0.0224 e. The van der Waals surface area contributed by atoms with Crippen molar-refractivity contribution in [2.45, 2.75) is 6.42 Å². The van der Waals surface area contributed by atoms with Gasteiger partial charge in [-0.25, -0.2) is 0 Å². The Morgan fingerprint density at radius 3 is 2.75 bits per heavy atom. The average molecular weight is 127 g/mol. The third-order valence-electron chi connectivity index (χ3n) is 0.987. The Balaban J connectivity index is 2.74. The van der Waals surface area contributed by atoms with Gasteiger partial charge in [0.1, 0.15) is 0 Å². The second-order valence-corrected chi connectivity index (χ2v) is 2.26. The van der Waals surface area contributed by atoms with Crippen molar-refractivity contribution in [3.8, 4) is 0 Å². The molecule has 0 aromatic carbocycles. The highest BCUT2D eigenvalue weighted by atomic mass is 35.5. The predicted octanol–water partition coefficient (Wildman–Crippen LogP) is 2.63. The van der Waals surface area contributed by atoms with E-state index in [1.165, 1.54) is 0 Å². The van der Waals surface area contributed by atoms with Gasteiger partial charge < -0.3 is 0 Å². The highest BCUT2D eigenvalue weighted by Gasteiger charge is 1.94. The summed E-state index contributed by atoms with van der Waals surface area (Å²) >= 11 is 5.66. The summed E-state index contributed by atoms with van der Waals surface area (Å²) in [6.45, 7) is 3.72. The standard InChI is InChI=1S/C7H7Cl/c1-6-3-2-4-7(8)5-6/h2-3,5H,1,4H2. The SMILES string of the molecule is C=C1C=CCC(Cl)=C1. The van der Waals surface area contributed by atoms with Crippen molar-refractivity contribution in [3.05, 3.63) is 35.4 Å². The number of hydrogen-bond donors (Lipinski definition) is 0. The summed E-state index contributed by atoms with van der Waals surface area (Å²) in [5.74, 6) is 0. The minimum atomic E-state index is 0.862. The third kappa shape index (κ3) is 1.24. The molecule has 0 unspecified atom stereocenters. The van der Waals surface area contributed by atoms with Crippen LogP contribution in [0.2, 0.25) is 0 Å². The van der Waals surface area contributed by atoms with E-state index in [0.717, 1.165) is 17.0 Å². The molecule has 42 valence electrons. The Labute approximate surface area is 54.2 Å². The maximum Gasteiger partial charge on any atom is 0.0224 e. The molecule has 0 N–H and O–H groups in total. The van der Waals surface area contributed by atoms with Crippen LogP contribution >= 0.6 is 11.6 Å². The lowest BCUT2D eigenvalue weighted by molar-refractivity contribution is 1.31. The molecule has 1 aliphatic rings. The van der Waals surface area contributed by atoms with Crippen LogP contribution in [-0.4, -0.2) is 0 Å². The number of allylic oxidation sites excluding steroid dienone is 5. The maximum atomic E-state index is 5.66. The van der Waals surface area contributed by atoms with Crippen LogP contribution in [-0.2, 0) is 0 Å². The summed E-state index contributed by atoms with van der Waals surface area (Å²) < 4.78 is 0. The van der Waals surface area contributed by atoms with E-state index in [9.17, 15) is 0 Å². The summed E-state index contributed by atoms with van der Waals surface area (Å²) in [5.41, 5.74) is 0.987. The van der Waals surface area contributed by atoms with Crippen LogP contribution in [0, 0.1) is 0 Å². The summed E-state index contributed by atoms with van der Waals surface area (Å²) in [4.78, 5) is 0. The first kappa shape index (κ1) is 5.64. The second kappa shape index (κ2) is 2.19. The maximum absolute atomic E-state index is 5.66. The molecule has 0 fully saturated rings. The van der Waals surface area contributed by atoms with E-state index in [1.54, 1.807) is 0 Å². The van der Waals surface area contributed by atoms with Crippen LogP contribution in [0.3, 0.4) is 0 Å². The third-order valence-corrected chi connectivity index (χ3v) is 1.25. The fourth-order valence-electron chi connectivity index (χ4n) is 0.631. The predicted molar refractivity (Wildman–Crippen MR) is 36.8 cm³/mol. The zero-order chi connectivity index (χ0) is 5.98. The monoisotopic (exact) mass is 126 g/mol. The van der Waals surface area contributed by atoms with Crippen molar-refractivity contribution >= 4 is 11.6 Å². The second-order valence-electron chi connectivity index (χ2n) is 1.77. The first-order chi connectivity index (χ1) is 3.79. The lowest BCUT2D eigenvalue weighted by Gasteiger charge is -1.99. The summed E-state index contributed by atoms with van der Waals surface area (Å²) in [5, 5.41) is 0.873. The van der Waals surface area contributed by atoms with E-state index >= 15 is 0 Å². The molecule has 1 aliphatic carbocycles. The molecular formula is C7H7Cl. The molecule has 0 amide bonds. The Morgan fingerprint density at radius 2 is 2.38 bits per heavy atom. The molecule has 0 bridgehead atoms. The van der Waals surface area contributed by atoms with Gasteiger partial charge in [-0.05, 0) is 11.6 Å². The van der Waals surface area contributed by atoms with Gasteiger partial charge >= 0.3 is 0 Å². The van der Waals surface area contributed by atoms with E-state index in [0.29, 0.717) is 0 Å². The molecule has 1 rings (SSSR count). The van der Waals surface area contributed by atoms with E-state index in [1.807, 2.05) is 18.2 Å². The highest BCUT2D eigenvalue weighted by Crippen LogP contribution is 2.16. The molecule has 0 aliphatic heterocycles. The Bertz CT molecular complexity index is 163. The lowest BCUT2D eigenvalue weighted by Crippen LogP contribution is -1.78. The molecular weight excluding hydrogens is 120 g/mol. The Hall–Kier alpha value is -0.490. The molecule has 8 heavy (non-hydrogen) atoms. The molecule has 0 atom stereocenters. The lowest BCUT2D eigenvalue weighted by atomic mass is 10.1. The normalized spacial score (nSPS) is 18.6. The molecule has 1 heteroatoms. The highest BCUT2D eigenvalue weighted by molar-refractivity contribution is 6.30. The fourth-order valence-corrected chi connectivity index (χ4v) is 0.860. The van der Waals surface area contributed by atoms with Gasteiger partial charge in [-0.1, -0.05) is 30.3 Å². The van der Waals surface area contributed by atoms with Gasteiger partial charge in [0.05, 0.1) is 0 Å². The van der Waals surface area contributed by atoms with E-state index in [4.69, 9.17) is 11.6 Å². The largest absolute Gasteiger partial charge is 0.0917 e. The van der Waals surface area contributed by atoms with Gasteiger partial charge in [0.15, 0.2) is 0 Å². The van der Waals surface area contributed by atoms with Crippen molar-refractivity contribution in [2.24, 2.45) is 0 Å². The number of rotatable bonds is 0. The molecule has 0 radical (unpaired) electrons. The zero-order valence-electron chi connectivity index (χ0n) is 4.52. The average Bonchev–Trinajstić information content (AvgIpc) is 1.64. The molecule has 0 spiro atoms. The number of halogens is 1. The van der Waals surface area contributed by atoms with E-state index in [-0.39, 0.29) is 0 Å². The molecule has 0 nitrogen and oxygen atoms in total. The molecule has 0 aromatic rings. The van der Waals surface area contributed by atoms with Crippen molar-refractivity contribution in [2.75, 3.05) is 0 Å². The minimum Gasteiger partial charge on any atom is -0.0917 e. The van der Waals surface area contributed by atoms with Crippen molar-refractivity contribution in [1.82, 2.24) is 0 Å². The Morgan fingerprint density at radius 1 is 1.62 bits per heavy atom. The summed E-state index contributed by atoms with van der Waals surface area (Å²) in [6, 6.07) is 0. The number of hydrogen-bond acceptors (Lipinski definition) is 0. The van der Waals surface area contributed by atoms with Crippen molar-refractivity contribution in [3.63, 3.8) is 0 Å². The van der Waals surface area contributed by atoms with Crippen LogP contribution in [0.1, 0.15) is 6.42 Å². The zero-order valence-corrected chi connectivity index (χ0v) is 5.28. The summed E-state index contributed by atoms with van der Waals surface area (Å²) in [7, 11) is 0. The molecule has 0 heterocycles. The van der Waals surface area contributed by atoms with E-state index in [2.05, 4.69) is 6.58 Å². The quantitative estimate of drug-likeness (QED) is 0.468. The van der Waals surface area contributed by atoms with Gasteiger partial charge in [-0.3, -0.25) is 0 Å². The first-order valence-corrected chi connectivity index (χ1v) is 2.88. The topological polar surface area (TPSA) is 0 Å². The van der Waals surface area contributed by atoms with Crippen LogP contribution in [0.25, 0.3) is 0 Å². The van der Waals surface area contributed by atoms with Crippen molar-refractivity contribution < 1.29 is 0 Å². The van der Waals surface area contributed by atoms with Gasteiger partial charge in [-0.2, -0.15) is 0 Å². The van der Waals surface area contributed by atoms with Gasteiger partial charge in [0.2, 0.25) is 0 Å². The molecule has 0 saturated carbocycles. The summed E-state index contributed by atoms with van der Waals surface area (Å²) in [6.07, 6.45) is 6.71. The van der Waals surface area contributed by atoms with Crippen LogP contribution in [0.4, 0.5) is 0 Å². The van der Waals surface area contributed by atoms with E-state index < -0.39 is 0 Å². The van der Waals surface area contributed by atoms with Gasteiger partial charge in [0.25, 0.3) is 0 Å². The van der Waals surface area contributed by atoms with Crippen LogP contribution < -0.4 is 0 Å². The van der Waals surface area contributed by atoms with Crippen LogP contribution in [0.15, 0.2) is 35.4 Å². The van der Waals surface area contributed by atoms with Crippen LogP contribution in [0.5, 0.6) is 0 Å². The van der Waals surface area contributed by atoms with Crippen molar-refractivity contribution in [1.29, 1.82) is 0 Å². The Kier molecular flexibility index (Phi) is 1.54. The van der Waals surface area contributed by atoms with Gasteiger partial charge in [-0.15, -0.1) is 0 Å². The molecule has 0 saturated heterocycles. The minimum absolute atomic E-state index is 0.862. The fraction of sp³-hybridized carbons (Fsp3) is 0.143. The first-order valence-electron chi connectivity index (χ1n) is 2.50. The van der Waals surface area contributed by atoms with Gasteiger partial charge in [0, 0.05) is 11.5 Å². The molecule has 0 aromatic heterocycles.